The highest BCUT2D eigenvalue weighted by molar-refractivity contribution is 5.94. The van der Waals surface area contributed by atoms with E-state index < -0.39 is 17.9 Å². The van der Waals surface area contributed by atoms with Gasteiger partial charge in [0.15, 0.2) is 0 Å². The normalized spacial score (nSPS) is 11.8. The summed E-state index contributed by atoms with van der Waals surface area (Å²) < 4.78 is 0. The molecule has 5 nitrogen and oxygen atoms in total. The van der Waals surface area contributed by atoms with E-state index in [1.54, 1.807) is 24.3 Å². The molecule has 0 aliphatic heterocycles. The molecule has 0 aliphatic rings. The first-order valence-electron chi connectivity index (χ1n) is 5.18. The molecule has 0 bridgehead atoms. The van der Waals surface area contributed by atoms with Crippen LogP contribution < -0.4 is 0 Å². The van der Waals surface area contributed by atoms with Crippen LogP contribution in [0.25, 0.3) is 0 Å². The molecule has 0 saturated carbocycles. The maximum atomic E-state index is 11.6. The summed E-state index contributed by atoms with van der Waals surface area (Å²) in [6, 6.07) is 10.1. The molecule has 1 amide bonds. The van der Waals surface area contributed by atoms with E-state index in [-0.39, 0.29) is 0 Å². The summed E-state index contributed by atoms with van der Waals surface area (Å²) >= 11 is 0. The van der Waals surface area contributed by atoms with Crippen molar-refractivity contribution in [1.82, 2.24) is 4.90 Å². The third-order valence-corrected chi connectivity index (χ3v) is 2.34. The molecule has 0 spiro atoms. The van der Waals surface area contributed by atoms with Crippen molar-refractivity contribution in [3.8, 4) is 6.07 Å². The molecule has 0 fully saturated rings. The Balaban J connectivity index is 2.88. The average molecular weight is 244 g/mol. The van der Waals surface area contributed by atoms with Crippen LogP contribution in [0.2, 0.25) is 0 Å². The minimum Gasteiger partial charge on any atom is -0.478 e. The topological polar surface area (TPSA) is 81.4 Å². The van der Waals surface area contributed by atoms with Crippen molar-refractivity contribution in [2.45, 2.75) is 6.04 Å². The highest BCUT2D eigenvalue weighted by atomic mass is 16.4. The second kappa shape index (κ2) is 6.21. The average Bonchev–Trinajstić information content (AvgIpc) is 2.38. The lowest BCUT2D eigenvalue weighted by atomic mass is 10.1. The van der Waals surface area contributed by atoms with Crippen molar-refractivity contribution >= 4 is 11.9 Å². The van der Waals surface area contributed by atoms with E-state index in [0.29, 0.717) is 5.56 Å². The van der Waals surface area contributed by atoms with Crippen LogP contribution >= 0.6 is 0 Å². The van der Waals surface area contributed by atoms with Gasteiger partial charge >= 0.3 is 5.97 Å². The molecule has 0 saturated heterocycles. The van der Waals surface area contributed by atoms with E-state index in [1.807, 2.05) is 12.1 Å². The number of carboxylic acids is 1. The number of likely N-dealkylation sites (N-methyl/N-ethyl adjacent to an activating group) is 1. The Hall–Kier alpha value is -2.61. The molecule has 1 aromatic rings. The maximum Gasteiger partial charge on any atom is 0.328 e. The fourth-order valence-electron chi connectivity index (χ4n) is 1.41. The third-order valence-electron chi connectivity index (χ3n) is 2.34. The van der Waals surface area contributed by atoms with Crippen LogP contribution in [0.3, 0.4) is 0 Å². The summed E-state index contributed by atoms with van der Waals surface area (Å²) in [5.74, 6) is -1.74. The molecular weight excluding hydrogens is 232 g/mol. The molecular formula is C13H12N2O3. The quantitative estimate of drug-likeness (QED) is 0.810. The number of hydrogen-bond acceptors (Lipinski definition) is 3. The molecule has 0 aliphatic carbocycles. The monoisotopic (exact) mass is 244 g/mol. The predicted molar refractivity (Wildman–Crippen MR) is 64.3 cm³/mol. The summed E-state index contributed by atoms with van der Waals surface area (Å²) in [4.78, 5) is 23.1. The second-order valence-electron chi connectivity index (χ2n) is 3.56. The molecule has 0 aromatic heterocycles. The van der Waals surface area contributed by atoms with E-state index in [2.05, 4.69) is 0 Å². The van der Waals surface area contributed by atoms with Crippen molar-refractivity contribution < 1.29 is 14.7 Å². The van der Waals surface area contributed by atoms with Crippen LogP contribution in [0.15, 0.2) is 42.5 Å². The van der Waals surface area contributed by atoms with Gasteiger partial charge in [-0.15, -0.1) is 0 Å². The Morgan fingerprint density at radius 2 is 1.94 bits per heavy atom. The first kappa shape index (κ1) is 13.5. The van der Waals surface area contributed by atoms with Gasteiger partial charge in [0.2, 0.25) is 5.91 Å². The molecule has 1 atom stereocenters. The molecule has 1 aromatic carbocycles. The largest absolute Gasteiger partial charge is 0.478 e. The summed E-state index contributed by atoms with van der Waals surface area (Å²) in [6.07, 6.45) is 1.67. The number of hydrogen-bond donors (Lipinski definition) is 1. The zero-order chi connectivity index (χ0) is 13.5. The Kier molecular flexibility index (Phi) is 4.64. The van der Waals surface area contributed by atoms with E-state index >= 15 is 0 Å². The van der Waals surface area contributed by atoms with Gasteiger partial charge in [0.05, 0.1) is 6.07 Å². The summed E-state index contributed by atoms with van der Waals surface area (Å²) in [7, 11) is 1.45. The fraction of sp³-hybridized carbons (Fsp3) is 0.154. The number of carbonyl (C=O) groups excluding carboxylic acids is 1. The molecule has 18 heavy (non-hydrogen) atoms. The summed E-state index contributed by atoms with van der Waals surface area (Å²) in [5.41, 5.74) is 0.680. The van der Waals surface area contributed by atoms with E-state index in [1.165, 1.54) is 11.9 Å². The first-order chi connectivity index (χ1) is 8.56. The van der Waals surface area contributed by atoms with Crippen LogP contribution in [0.4, 0.5) is 0 Å². The Bertz CT molecular complexity index is 503. The number of nitriles is 1. The Morgan fingerprint density at radius 1 is 1.33 bits per heavy atom. The Morgan fingerprint density at radius 3 is 2.44 bits per heavy atom. The molecule has 5 heteroatoms. The SMILES string of the molecule is CN(C(=O)/C=C\C(=O)O)C(C#N)c1ccccc1. The van der Waals surface area contributed by atoms with Gasteiger partial charge in [-0.3, -0.25) is 4.79 Å². The molecule has 1 rings (SSSR count). The lowest BCUT2D eigenvalue weighted by Gasteiger charge is -2.21. The smallest absolute Gasteiger partial charge is 0.328 e. The minimum atomic E-state index is -1.20. The van der Waals surface area contributed by atoms with Crippen molar-refractivity contribution in [1.29, 1.82) is 5.26 Å². The van der Waals surface area contributed by atoms with Gasteiger partial charge in [0.25, 0.3) is 0 Å². The van der Waals surface area contributed by atoms with Gasteiger partial charge < -0.3 is 10.0 Å². The van der Waals surface area contributed by atoms with Crippen molar-refractivity contribution in [3.63, 3.8) is 0 Å². The van der Waals surface area contributed by atoms with Crippen LogP contribution in [0, 0.1) is 11.3 Å². The maximum absolute atomic E-state index is 11.6. The first-order valence-corrected chi connectivity index (χ1v) is 5.18. The predicted octanol–water partition coefficient (Wildman–Crippen LogP) is 1.35. The number of nitrogens with zero attached hydrogens (tertiary/aromatic N) is 2. The number of carbonyl (C=O) groups is 2. The number of benzene rings is 1. The van der Waals surface area contributed by atoms with Gasteiger partial charge in [0.1, 0.15) is 6.04 Å². The van der Waals surface area contributed by atoms with Crippen LogP contribution in [0.1, 0.15) is 11.6 Å². The second-order valence-corrected chi connectivity index (χ2v) is 3.56. The van der Waals surface area contributed by atoms with Gasteiger partial charge in [-0.2, -0.15) is 5.26 Å². The van der Waals surface area contributed by atoms with Crippen molar-refractivity contribution in [2.75, 3.05) is 7.05 Å². The molecule has 1 N–H and O–H groups in total. The molecule has 0 heterocycles. The lowest BCUT2D eigenvalue weighted by Crippen LogP contribution is -2.29. The van der Waals surface area contributed by atoms with Crippen LogP contribution in [0.5, 0.6) is 0 Å². The third kappa shape index (κ3) is 3.46. The van der Waals surface area contributed by atoms with Crippen LogP contribution in [-0.4, -0.2) is 28.9 Å². The highest BCUT2D eigenvalue weighted by Crippen LogP contribution is 2.18. The lowest BCUT2D eigenvalue weighted by molar-refractivity contribution is -0.132. The van der Waals surface area contributed by atoms with Crippen molar-refractivity contribution in [2.24, 2.45) is 0 Å². The zero-order valence-electron chi connectivity index (χ0n) is 9.78. The van der Waals surface area contributed by atoms with E-state index in [9.17, 15) is 9.59 Å². The summed E-state index contributed by atoms with van der Waals surface area (Å²) in [5, 5.41) is 17.5. The zero-order valence-corrected chi connectivity index (χ0v) is 9.78. The molecule has 1 unspecified atom stereocenters. The number of amides is 1. The van der Waals surface area contributed by atoms with Crippen molar-refractivity contribution in [3.05, 3.63) is 48.0 Å². The number of carboxylic acid groups (broad SMARTS) is 1. The fourth-order valence-corrected chi connectivity index (χ4v) is 1.41. The number of rotatable bonds is 4. The minimum absolute atomic E-state index is 0.534. The molecule has 0 radical (unpaired) electrons. The standard InChI is InChI=1S/C13H12N2O3/c1-15(12(16)7-8-13(17)18)11(9-14)10-5-3-2-4-6-10/h2-8,11H,1H3,(H,17,18)/b8-7-. The summed E-state index contributed by atoms with van der Waals surface area (Å²) in [6.45, 7) is 0. The van der Waals surface area contributed by atoms with Gasteiger partial charge in [-0.05, 0) is 5.56 Å². The van der Waals surface area contributed by atoms with E-state index in [0.717, 1.165) is 12.2 Å². The van der Waals surface area contributed by atoms with Crippen LogP contribution in [-0.2, 0) is 9.59 Å². The van der Waals surface area contributed by atoms with Gasteiger partial charge in [-0.25, -0.2) is 4.79 Å². The number of aliphatic carboxylic acids is 1. The Labute approximate surface area is 105 Å². The van der Waals surface area contributed by atoms with E-state index in [4.69, 9.17) is 10.4 Å². The van der Waals surface area contributed by atoms with Gasteiger partial charge in [-0.1, -0.05) is 30.3 Å². The van der Waals surface area contributed by atoms with Gasteiger partial charge in [0, 0.05) is 19.2 Å². The molecule has 92 valence electrons. The highest BCUT2D eigenvalue weighted by Gasteiger charge is 2.19.